The average Bonchev–Trinajstić information content (AvgIpc) is 2.73. The molecule has 0 aliphatic carbocycles. The van der Waals surface area contributed by atoms with E-state index in [2.05, 4.69) is 18.6 Å². The molecular formula is C24H34N2O5S. The summed E-state index contributed by atoms with van der Waals surface area (Å²) in [6, 6.07) is 14.1. The predicted octanol–water partition coefficient (Wildman–Crippen LogP) is 4.62. The molecule has 0 bridgehead atoms. The first-order valence-electron chi connectivity index (χ1n) is 10.6. The number of carboxylic acids is 1. The van der Waals surface area contributed by atoms with E-state index in [4.69, 9.17) is 25.1 Å². The molecule has 32 heavy (non-hydrogen) atoms. The fourth-order valence-corrected chi connectivity index (χ4v) is 3.30. The summed E-state index contributed by atoms with van der Waals surface area (Å²) in [4.78, 5) is 12.0. The molecule has 0 fully saturated rings. The van der Waals surface area contributed by atoms with Crippen molar-refractivity contribution >= 4 is 23.6 Å². The molecule has 0 saturated heterocycles. The Morgan fingerprint density at radius 1 is 0.969 bits per heavy atom. The average molecular weight is 463 g/mol. The summed E-state index contributed by atoms with van der Waals surface area (Å²) in [5.41, 5.74) is 5.88. The number of nitrogens with one attached hydrogen (secondary N) is 1. The second kappa shape index (κ2) is 12.1. The van der Waals surface area contributed by atoms with Gasteiger partial charge in [-0.05, 0) is 94.6 Å². The zero-order chi connectivity index (χ0) is 23.6. The molecule has 2 aromatic carbocycles. The van der Waals surface area contributed by atoms with E-state index in [1.54, 1.807) is 24.1 Å². The molecule has 4 N–H and O–H groups in total. The molecule has 0 amide bonds. The van der Waals surface area contributed by atoms with E-state index >= 15 is 0 Å². The van der Waals surface area contributed by atoms with Crippen LogP contribution in [0.1, 0.15) is 44.5 Å². The molecule has 2 rings (SSSR count). The molecule has 0 heterocycles. The quantitative estimate of drug-likeness (QED) is 0.212. The van der Waals surface area contributed by atoms with Crippen LogP contribution in [-0.4, -0.2) is 48.6 Å². The van der Waals surface area contributed by atoms with E-state index in [1.807, 2.05) is 38.1 Å². The number of hydrogen-bond acceptors (Lipinski definition) is 7. The summed E-state index contributed by atoms with van der Waals surface area (Å²) in [5.74, 6) is -0.346. The van der Waals surface area contributed by atoms with Gasteiger partial charge in [-0.2, -0.15) is 0 Å². The molecule has 2 aromatic rings. The number of carboxylic acid groups (broad SMARTS) is 1. The molecule has 0 spiro atoms. The molecule has 0 unspecified atom stereocenters. The van der Waals surface area contributed by atoms with Crippen LogP contribution in [0.2, 0.25) is 0 Å². The summed E-state index contributed by atoms with van der Waals surface area (Å²) in [5, 5.41) is 8.95. The summed E-state index contributed by atoms with van der Waals surface area (Å²) < 4.78 is 21.1. The Morgan fingerprint density at radius 3 is 2.22 bits per heavy atom. The fraction of sp³-hybridized carbons (Fsp3) is 0.458. The maximum absolute atomic E-state index is 10.9. The third-order valence-electron chi connectivity index (χ3n) is 4.65. The van der Waals surface area contributed by atoms with Gasteiger partial charge in [-0.3, -0.25) is 4.72 Å². The standard InChI is InChI=1S/C24H34N2O5S/c1-23(2,31-16-14-26-32-21-11-7-19(25)8-12-21)13-15-30-24(3,4)17-29-20-9-5-18(6-10-20)22(27)28/h5-12,26H,13-17,25H2,1-4H3,(H,27,28). The lowest BCUT2D eigenvalue weighted by molar-refractivity contribution is -0.0831. The lowest BCUT2D eigenvalue weighted by atomic mass is 10.1. The maximum Gasteiger partial charge on any atom is 0.335 e. The summed E-state index contributed by atoms with van der Waals surface area (Å²) >= 11 is 1.55. The van der Waals surface area contributed by atoms with Crippen LogP contribution in [0.15, 0.2) is 53.4 Å². The van der Waals surface area contributed by atoms with Crippen LogP contribution >= 0.6 is 11.9 Å². The number of anilines is 1. The highest BCUT2D eigenvalue weighted by atomic mass is 32.2. The third-order valence-corrected chi connectivity index (χ3v) is 5.51. The van der Waals surface area contributed by atoms with Crippen molar-refractivity contribution in [3.8, 4) is 5.75 Å². The lowest BCUT2D eigenvalue weighted by Crippen LogP contribution is -2.35. The van der Waals surface area contributed by atoms with E-state index in [0.29, 0.717) is 25.6 Å². The molecule has 0 atom stereocenters. The van der Waals surface area contributed by atoms with Gasteiger partial charge in [0.05, 0.1) is 30.0 Å². The first-order chi connectivity index (χ1) is 15.1. The Balaban J connectivity index is 1.62. The van der Waals surface area contributed by atoms with Crippen molar-refractivity contribution < 1.29 is 24.1 Å². The van der Waals surface area contributed by atoms with Crippen LogP contribution in [0.3, 0.4) is 0 Å². The van der Waals surface area contributed by atoms with Gasteiger partial charge in [0.1, 0.15) is 12.4 Å². The van der Waals surface area contributed by atoms with Crippen molar-refractivity contribution in [1.29, 1.82) is 0 Å². The normalized spacial score (nSPS) is 12.0. The number of benzene rings is 2. The Bertz CT molecular complexity index is 838. The number of nitrogen functional groups attached to an aromatic ring is 1. The minimum atomic E-state index is -0.957. The van der Waals surface area contributed by atoms with E-state index in [-0.39, 0.29) is 11.2 Å². The second-order valence-electron chi connectivity index (χ2n) is 8.65. The van der Waals surface area contributed by atoms with Gasteiger partial charge in [0, 0.05) is 17.1 Å². The Morgan fingerprint density at radius 2 is 1.59 bits per heavy atom. The highest BCUT2D eigenvalue weighted by Crippen LogP contribution is 2.20. The first kappa shape index (κ1) is 26.0. The Labute approximate surface area is 194 Å². The van der Waals surface area contributed by atoms with Crippen molar-refractivity contribution in [2.75, 3.05) is 32.1 Å². The molecule has 0 saturated carbocycles. The number of rotatable bonds is 14. The smallest absolute Gasteiger partial charge is 0.335 e. The molecule has 8 heteroatoms. The SMILES string of the molecule is CC(C)(CCOC(C)(C)COc1ccc(C(=O)O)cc1)OCCNSc1ccc(N)cc1. The molecule has 0 radical (unpaired) electrons. The minimum Gasteiger partial charge on any atom is -0.491 e. The largest absolute Gasteiger partial charge is 0.491 e. The summed E-state index contributed by atoms with van der Waals surface area (Å²) in [7, 11) is 0. The molecular weight excluding hydrogens is 428 g/mol. The van der Waals surface area contributed by atoms with Crippen LogP contribution in [0.4, 0.5) is 5.69 Å². The van der Waals surface area contributed by atoms with Crippen LogP contribution in [0.25, 0.3) is 0 Å². The predicted molar refractivity (Wildman–Crippen MR) is 128 cm³/mol. The maximum atomic E-state index is 10.9. The molecule has 176 valence electrons. The van der Waals surface area contributed by atoms with Gasteiger partial charge in [0.15, 0.2) is 0 Å². The van der Waals surface area contributed by atoms with E-state index in [0.717, 1.165) is 23.5 Å². The van der Waals surface area contributed by atoms with Gasteiger partial charge in [-0.1, -0.05) is 0 Å². The Kier molecular flexibility index (Phi) is 9.84. The number of aromatic carboxylic acids is 1. The minimum absolute atomic E-state index is 0.231. The topological polar surface area (TPSA) is 103 Å². The van der Waals surface area contributed by atoms with Gasteiger partial charge in [0.2, 0.25) is 0 Å². The van der Waals surface area contributed by atoms with E-state index < -0.39 is 11.6 Å². The number of ether oxygens (including phenoxy) is 3. The number of nitrogens with two attached hydrogens (primary N) is 1. The zero-order valence-electron chi connectivity index (χ0n) is 19.2. The number of hydrogen-bond donors (Lipinski definition) is 3. The van der Waals surface area contributed by atoms with Crippen molar-refractivity contribution in [3.05, 3.63) is 54.1 Å². The third kappa shape index (κ3) is 9.91. The monoisotopic (exact) mass is 462 g/mol. The van der Waals surface area contributed by atoms with Crippen molar-refractivity contribution in [2.24, 2.45) is 0 Å². The summed E-state index contributed by atoms with van der Waals surface area (Å²) in [6.07, 6.45) is 0.745. The lowest BCUT2D eigenvalue weighted by Gasteiger charge is -2.29. The molecule has 7 nitrogen and oxygen atoms in total. The highest BCUT2D eigenvalue weighted by molar-refractivity contribution is 7.97. The molecule has 0 aliphatic rings. The van der Waals surface area contributed by atoms with Crippen molar-refractivity contribution in [1.82, 2.24) is 4.72 Å². The zero-order valence-corrected chi connectivity index (χ0v) is 20.0. The van der Waals surface area contributed by atoms with Gasteiger partial charge >= 0.3 is 5.97 Å². The van der Waals surface area contributed by atoms with Gasteiger partial charge in [0.25, 0.3) is 0 Å². The van der Waals surface area contributed by atoms with Crippen LogP contribution < -0.4 is 15.2 Å². The van der Waals surface area contributed by atoms with Gasteiger partial charge < -0.3 is 25.1 Å². The van der Waals surface area contributed by atoms with Gasteiger partial charge in [-0.25, -0.2) is 4.79 Å². The van der Waals surface area contributed by atoms with Crippen LogP contribution in [-0.2, 0) is 9.47 Å². The van der Waals surface area contributed by atoms with Crippen LogP contribution in [0, 0.1) is 0 Å². The van der Waals surface area contributed by atoms with Crippen molar-refractivity contribution in [3.63, 3.8) is 0 Å². The first-order valence-corrected chi connectivity index (χ1v) is 11.4. The molecule has 0 aromatic heterocycles. The Hall–Kier alpha value is -2.26. The molecule has 0 aliphatic heterocycles. The van der Waals surface area contributed by atoms with Crippen LogP contribution in [0.5, 0.6) is 5.75 Å². The van der Waals surface area contributed by atoms with E-state index in [9.17, 15) is 4.79 Å². The second-order valence-corrected chi connectivity index (χ2v) is 9.61. The highest BCUT2D eigenvalue weighted by Gasteiger charge is 2.23. The van der Waals surface area contributed by atoms with E-state index in [1.165, 1.54) is 12.1 Å². The number of carbonyl (C=O) groups is 1. The summed E-state index contributed by atoms with van der Waals surface area (Å²) in [6.45, 7) is 10.2. The van der Waals surface area contributed by atoms with Gasteiger partial charge in [-0.15, -0.1) is 0 Å². The van der Waals surface area contributed by atoms with Crippen molar-refractivity contribution in [2.45, 2.75) is 50.2 Å². The fourth-order valence-electron chi connectivity index (χ4n) is 2.68.